The predicted octanol–water partition coefficient (Wildman–Crippen LogP) is 1.61. The third-order valence-electron chi connectivity index (χ3n) is 4.49. The fourth-order valence-electron chi connectivity index (χ4n) is 3.50. The normalized spacial score (nSPS) is 27.9. The summed E-state index contributed by atoms with van der Waals surface area (Å²) in [6.07, 6.45) is 4.65. The number of hydrogen-bond donors (Lipinski definition) is 2. The van der Waals surface area contributed by atoms with Gasteiger partial charge in [0, 0.05) is 29.4 Å². The molecule has 0 aliphatic carbocycles. The molecule has 2 unspecified atom stereocenters. The lowest BCUT2D eigenvalue weighted by atomic mass is 9.90. The van der Waals surface area contributed by atoms with Crippen molar-refractivity contribution in [3.63, 3.8) is 0 Å². The molecular weight excluding hydrogens is 286 g/mol. The van der Waals surface area contributed by atoms with Crippen LogP contribution < -0.4 is 11.1 Å². The zero-order chi connectivity index (χ0) is 14.4. The van der Waals surface area contributed by atoms with E-state index in [1.54, 1.807) is 10.9 Å². The Kier molecular flexibility index (Phi) is 3.04. The summed E-state index contributed by atoms with van der Waals surface area (Å²) in [7, 11) is 0. The molecule has 4 rings (SSSR count). The number of thiazole rings is 1. The van der Waals surface area contributed by atoms with Gasteiger partial charge in [-0.1, -0.05) is 0 Å². The molecule has 2 atom stereocenters. The van der Waals surface area contributed by atoms with E-state index < -0.39 is 0 Å². The summed E-state index contributed by atoms with van der Waals surface area (Å²) in [5, 5.41) is 9.80. The number of carbonyl (C=O) groups excluding carboxylic acids is 1. The average Bonchev–Trinajstić information content (AvgIpc) is 3.19. The van der Waals surface area contributed by atoms with Crippen LogP contribution in [0.1, 0.15) is 47.8 Å². The van der Waals surface area contributed by atoms with Crippen molar-refractivity contribution in [1.29, 1.82) is 0 Å². The van der Waals surface area contributed by atoms with Gasteiger partial charge in [0.05, 0.1) is 11.2 Å². The number of rotatable bonds is 2. The molecule has 2 saturated heterocycles. The lowest BCUT2D eigenvalue weighted by molar-refractivity contribution is 0.0943. The largest absolute Gasteiger partial charge is 0.383 e. The van der Waals surface area contributed by atoms with Gasteiger partial charge < -0.3 is 11.1 Å². The van der Waals surface area contributed by atoms with Crippen molar-refractivity contribution in [3.05, 3.63) is 28.3 Å². The first-order valence-corrected chi connectivity index (χ1v) is 8.19. The number of piperidine rings is 1. The monoisotopic (exact) mass is 303 g/mol. The lowest BCUT2D eigenvalue weighted by Crippen LogP contribution is -2.37. The van der Waals surface area contributed by atoms with Gasteiger partial charge in [0.25, 0.3) is 5.91 Å². The first-order chi connectivity index (χ1) is 10.2. The fraction of sp³-hybridized carbons (Fsp3) is 0.500. The van der Waals surface area contributed by atoms with E-state index in [0.29, 0.717) is 29.5 Å². The van der Waals surface area contributed by atoms with Gasteiger partial charge in [-0.2, -0.15) is 9.78 Å². The van der Waals surface area contributed by atoms with Crippen molar-refractivity contribution in [2.24, 2.45) is 0 Å². The van der Waals surface area contributed by atoms with Gasteiger partial charge in [-0.25, -0.2) is 4.98 Å². The first kappa shape index (κ1) is 13.0. The number of fused-ring (bicyclic) bond motifs is 2. The molecule has 110 valence electrons. The molecule has 21 heavy (non-hydrogen) atoms. The van der Waals surface area contributed by atoms with Crippen LogP contribution in [0.2, 0.25) is 0 Å². The number of nitrogen functional groups attached to an aromatic ring is 1. The van der Waals surface area contributed by atoms with Crippen LogP contribution >= 0.6 is 11.3 Å². The second kappa shape index (κ2) is 4.92. The molecule has 0 amide bonds. The highest BCUT2D eigenvalue weighted by Gasteiger charge is 2.35. The highest BCUT2D eigenvalue weighted by atomic mass is 32.1. The van der Waals surface area contributed by atoms with E-state index in [1.807, 2.05) is 6.07 Å². The number of anilines is 1. The summed E-state index contributed by atoms with van der Waals surface area (Å²) in [4.78, 5) is 16.3. The number of nitrogens with zero attached hydrogens (tertiary/aromatic N) is 3. The first-order valence-electron chi connectivity index (χ1n) is 7.25. The van der Waals surface area contributed by atoms with Gasteiger partial charge >= 0.3 is 0 Å². The number of carbonyl (C=O) groups is 1. The van der Waals surface area contributed by atoms with E-state index in [-0.39, 0.29) is 5.91 Å². The molecule has 0 spiro atoms. The summed E-state index contributed by atoms with van der Waals surface area (Å²) in [5.41, 5.74) is 8.95. The van der Waals surface area contributed by atoms with Crippen LogP contribution in [-0.4, -0.2) is 32.8 Å². The molecule has 0 saturated carbocycles. The minimum absolute atomic E-state index is 0.253. The topological polar surface area (TPSA) is 85.8 Å². The zero-order valence-electron chi connectivity index (χ0n) is 11.5. The van der Waals surface area contributed by atoms with Crippen molar-refractivity contribution < 1.29 is 4.79 Å². The average molecular weight is 303 g/mol. The Morgan fingerprint density at radius 3 is 2.81 bits per heavy atom. The van der Waals surface area contributed by atoms with Crippen LogP contribution in [0, 0.1) is 0 Å². The molecule has 2 aromatic rings. The maximum atomic E-state index is 12.3. The summed E-state index contributed by atoms with van der Waals surface area (Å²) < 4.78 is 1.29. The Balaban J connectivity index is 1.61. The Morgan fingerprint density at radius 1 is 1.38 bits per heavy atom. The van der Waals surface area contributed by atoms with E-state index in [1.165, 1.54) is 28.9 Å². The van der Waals surface area contributed by atoms with Crippen LogP contribution in [0.5, 0.6) is 0 Å². The Bertz CT molecular complexity index is 653. The molecule has 0 aromatic carbocycles. The summed E-state index contributed by atoms with van der Waals surface area (Å²) in [6, 6.07) is 3.03. The van der Waals surface area contributed by atoms with E-state index in [4.69, 9.17) is 5.73 Å². The third-order valence-corrected chi connectivity index (χ3v) is 5.08. The van der Waals surface area contributed by atoms with Gasteiger partial charge in [-0.3, -0.25) is 4.79 Å². The van der Waals surface area contributed by atoms with Gasteiger partial charge in [-0.05, 0) is 25.7 Å². The summed E-state index contributed by atoms with van der Waals surface area (Å²) in [5.74, 6) is 0.543. The molecule has 2 fully saturated rings. The van der Waals surface area contributed by atoms with Gasteiger partial charge in [-0.15, -0.1) is 11.3 Å². The summed E-state index contributed by atoms with van der Waals surface area (Å²) >= 11 is 1.39. The second-order valence-electron chi connectivity index (χ2n) is 5.89. The number of nitrogens with one attached hydrogen (secondary N) is 1. The highest BCUT2D eigenvalue weighted by molar-refractivity contribution is 7.07. The van der Waals surface area contributed by atoms with Crippen LogP contribution in [0.15, 0.2) is 17.0 Å². The lowest BCUT2D eigenvalue weighted by Gasteiger charge is -2.27. The minimum atomic E-state index is -0.253. The van der Waals surface area contributed by atoms with Crippen LogP contribution in [0.3, 0.4) is 0 Å². The molecule has 3 N–H and O–H groups in total. The number of nitrogens with two attached hydrogens (primary N) is 1. The second-order valence-corrected chi connectivity index (χ2v) is 6.61. The van der Waals surface area contributed by atoms with Gasteiger partial charge in [0.2, 0.25) is 0 Å². The van der Waals surface area contributed by atoms with Gasteiger partial charge in [0.15, 0.2) is 0 Å². The fourth-order valence-corrected chi connectivity index (χ4v) is 4.03. The Labute approximate surface area is 126 Å². The third kappa shape index (κ3) is 2.26. The molecule has 4 heterocycles. The quantitative estimate of drug-likeness (QED) is 0.880. The van der Waals surface area contributed by atoms with Crippen molar-refractivity contribution in [2.45, 2.75) is 43.7 Å². The molecule has 7 heteroatoms. The molecule has 2 bridgehead atoms. The molecular formula is C14H17N5OS. The minimum Gasteiger partial charge on any atom is -0.383 e. The summed E-state index contributed by atoms with van der Waals surface area (Å²) in [6.45, 7) is 0. The smallest absolute Gasteiger partial charge is 0.299 e. The van der Waals surface area contributed by atoms with Crippen molar-refractivity contribution in [3.8, 4) is 0 Å². The molecule has 2 aliphatic rings. The molecule has 6 nitrogen and oxygen atoms in total. The Hall–Kier alpha value is -1.73. The standard InChI is InChI=1S/C14H17N5OS/c15-13-5-11(8-3-9-1-2-10(4-8)17-9)18-19(13)14(20)12-6-21-7-16-12/h5-10,17H,1-4,15H2. The van der Waals surface area contributed by atoms with Crippen LogP contribution in [0.4, 0.5) is 5.82 Å². The van der Waals surface area contributed by atoms with Gasteiger partial charge in [0.1, 0.15) is 11.5 Å². The molecule has 2 aliphatic heterocycles. The van der Waals surface area contributed by atoms with E-state index in [9.17, 15) is 4.79 Å². The SMILES string of the molecule is Nc1cc(C2CC3CCC(C2)N3)nn1C(=O)c1cscn1. The van der Waals surface area contributed by atoms with E-state index >= 15 is 0 Å². The number of aromatic nitrogens is 3. The molecule has 2 aromatic heterocycles. The van der Waals surface area contributed by atoms with Crippen molar-refractivity contribution in [1.82, 2.24) is 20.1 Å². The predicted molar refractivity (Wildman–Crippen MR) is 80.4 cm³/mol. The van der Waals surface area contributed by atoms with E-state index in [2.05, 4.69) is 15.4 Å². The van der Waals surface area contributed by atoms with Crippen molar-refractivity contribution >= 4 is 23.1 Å². The highest BCUT2D eigenvalue weighted by Crippen LogP contribution is 2.37. The van der Waals surface area contributed by atoms with Crippen LogP contribution in [0.25, 0.3) is 0 Å². The Morgan fingerprint density at radius 2 is 2.14 bits per heavy atom. The van der Waals surface area contributed by atoms with Crippen LogP contribution in [-0.2, 0) is 0 Å². The van der Waals surface area contributed by atoms with E-state index in [0.717, 1.165) is 18.5 Å². The van der Waals surface area contributed by atoms with Crippen molar-refractivity contribution in [2.75, 3.05) is 5.73 Å². The maximum absolute atomic E-state index is 12.3. The molecule has 0 radical (unpaired) electrons. The maximum Gasteiger partial charge on any atom is 0.299 e. The number of hydrogen-bond acceptors (Lipinski definition) is 6. The zero-order valence-corrected chi connectivity index (χ0v) is 12.3.